The van der Waals surface area contributed by atoms with Gasteiger partial charge in [-0.3, -0.25) is 4.90 Å². The second-order valence-electron chi connectivity index (χ2n) is 5.53. The van der Waals surface area contributed by atoms with Crippen molar-refractivity contribution in [2.75, 3.05) is 13.1 Å². The topological polar surface area (TPSA) is 42.4 Å². The molecular weight excluding hydrogens is 212 g/mol. The summed E-state index contributed by atoms with van der Waals surface area (Å²) in [5.74, 6) is 3.67. The molecule has 2 rings (SSSR count). The van der Waals surface area contributed by atoms with Crippen LogP contribution in [0.3, 0.4) is 0 Å². The number of nitrogens with two attached hydrogens (primary N) is 1. The van der Waals surface area contributed by atoms with Gasteiger partial charge in [-0.2, -0.15) is 0 Å². The van der Waals surface area contributed by atoms with Gasteiger partial charge in [-0.15, -0.1) is 0 Å². The van der Waals surface area contributed by atoms with E-state index >= 15 is 0 Å². The number of aryl methyl sites for hydroxylation is 1. The summed E-state index contributed by atoms with van der Waals surface area (Å²) in [4.78, 5) is 2.49. The van der Waals surface area contributed by atoms with Crippen LogP contribution in [0, 0.1) is 18.8 Å². The second kappa shape index (κ2) is 5.23. The highest BCUT2D eigenvalue weighted by Gasteiger charge is 2.25. The summed E-state index contributed by atoms with van der Waals surface area (Å²) < 4.78 is 5.74. The van der Waals surface area contributed by atoms with Crippen molar-refractivity contribution in [3.8, 4) is 0 Å². The minimum absolute atomic E-state index is 0.573. The van der Waals surface area contributed by atoms with E-state index in [4.69, 9.17) is 10.2 Å². The minimum atomic E-state index is 0.573. The first-order valence-corrected chi connectivity index (χ1v) is 6.60. The predicted octanol–water partition coefficient (Wildman–Crippen LogP) is 2.52. The van der Waals surface area contributed by atoms with Crippen LogP contribution in [0.4, 0.5) is 0 Å². The highest BCUT2D eigenvalue weighted by Crippen LogP contribution is 2.25. The summed E-state index contributed by atoms with van der Waals surface area (Å²) in [6.07, 6.45) is 1.32. The van der Waals surface area contributed by atoms with Crippen LogP contribution in [0.5, 0.6) is 0 Å². The predicted molar refractivity (Wildman–Crippen MR) is 69.6 cm³/mol. The zero-order valence-electron chi connectivity index (χ0n) is 11.2. The van der Waals surface area contributed by atoms with E-state index in [1.807, 2.05) is 6.92 Å². The van der Waals surface area contributed by atoms with E-state index in [2.05, 4.69) is 24.8 Å². The van der Waals surface area contributed by atoms with Crippen molar-refractivity contribution >= 4 is 0 Å². The molecule has 17 heavy (non-hydrogen) atoms. The second-order valence-corrected chi connectivity index (χ2v) is 5.53. The Morgan fingerprint density at radius 3 is 2.82 bits per heavy atom. The van der Waals surface area contributed by atoms with Gasteiger partial charge >= 0.3 is 0 Å². The van der Waals surface area contributed by atoms with Crippen LogP contribution in [-0.2, 0) is 13.1 Å². The lowest BCUT2D eigenvalue weighted by Crippen LogP contribution is -2.21. The van der Waals surface area contributed by atoms with Crippen LogP contribution in [0.1, 0.15) is 37.4 Å². The quantitative estimate of drug-likeness (QED) is 0.873. The van der Waals surface area contributed by atoms with Crippen LogP contribution in [-0.4, -0.2) is 18.0 Å². The Labute approximate surface area is 104 Å². The maximum atomic E-state index is 5.74. The Kier molecular flexibility index (Phi) is 3.89. The minimum Gasteiger partial charge on any atom is -0.465 e. The molecule has 2 N–H and O–H groups in total. The Hall–Kier alpha value is -0.800. The van der Waals surface area contributed by atoms with Crippen molar-refractivity contribution < 1.29 is 4.42 Å². The van der Waals surface area contributed by atoms with Crippen molar-refractivity contribution in [3.63, 3.8) is 0 Å². The fraction of sp³-hybridized carbons (Fsp3) is 0.714. The zero-order chi connectivity index (χ0) is 12.4. The Morgan fingerprint density at radius 1 is 1.53 bits per heavy atom. The van der Waals surface area contributed by atoms with E-state index in [9.17, 15) is 0 Å². The van der Waals surface area contributed by atoms with Crippen LogP contribution < -0.4 is 5.73 Å². The number of furan rings is 1. The van der Waals surface area contributed by atoms with Crippen LogP contribution >= 0.6 is 0 Å². The molecule has 96 valence electrons. The van der Waals surface area contributed by atoms with Gasteiger partial charge in [0.05, 0.1) is 6.54 Å². The van der Waals surface area contributed by atoms with Gasteiger partial charge in [0, 0.05) is 18.7 Å². The van der Waals surface area contributed by atoms with E-state index in [-0.39, 0.29) is 0 Å². The molecule has 1 aromatic rings. The summed E-state index contributed by atoms with van der Waals surface area (Å²) in [6.45, 7) is 10.5. The lowest BCUT2D eigenvalue weighted by atomic mass is 9.95. The lowest BCUT2D eigenvalue weighted by molar-refractivity contribution is 0.271. The number of hydrogen-bond acceptors (Lipinski definition) is 3. The lowest BCUT2D eigenvalue weighted by Gasteiger charge is -2.16. The number of nitrogens with zero attached hydrogens (tertiary/aromatic N) is 1. The molecule has 0 saturated carbocycles. The third-order valence-electron chi connectivity index (χ3n) is 3.92. The molecule has 0 spiro atoms. The fourth-order valence-electron chi connectivity index (χ4n) is 2.64. The van der Waals surface area contributed by atoms with Crippen molar-refractivity contribution in [2.24, 2.45) is 17.6 Å². The van der Waals surface area contributed by atoms with E-state index in [0.29, 0.717) is 6.54 Å². The van der Waals surface area contributed by atoms with Gasteiger partial charge in [0.15, 0.2) is 0 Å². The Bertz CT molecular complexity index is 370. The average molecular weight is 236 g/mol. The van der Waals surface area contributed by atoms with Crippen LogP contribution in [0.25, 0.3) is 0 Å². The van der Waals surface area contributed by atoms with Gasteiger partial charge in [0.2, 0.25) is 0 Å². The van der Waals surface area contributed by atoms with Gasteiger partial charge in [-0.05, 0) is 37.8 Å². The van der Waals surface area contributed by atoms with Crippen molar-refractivity contribution in [2.45, 2.75) is 40.3 Å². The highest BCUT2D eigenvalue weighted by molar-refractivity contribution is 5.20. The zero-order valence-corrected chi connectivity index (χ0v) is 11.2. The molecule has 1 saturated heterocycles. The molecule has 1 atom stereocenters. The number of hydrogen-bond donors (Lipinski definition) is 1. The summed E-state index contributed by atoms with van der Waals surface area (Å²) in [6, 6.07) is 2.11. The van der Waals surface area contributed by atoms with Gasteiger partial charge in [-0.1, -0.05) is 13.8 Å². The molecule has 1 aromatic heterocycles. The molecule has 2 heterocycles. The van der Waals surface area contributed by atoms with Gasteiger partial charge < -0.3 is 10.2 Å². The smallest absolute Gasteiger partial charge is 0.118 e. The molecule has 0 aliphatic carbocycles. The van der Waals surface area contributed by atoms with Gasteiger partial charge in [0.25, 0.3) is 0 Å². The third-order valence-corrected chi connectivity index (χ3v) is 3.92. The fourth-order valence-corrected chi connectivity index (χ4v) is 2.64. The summed E-state index contributed by atoms with van der Waals surface area (Å²) in [5.41, 5.74) is 6.80. The highest BCUT2D eigenvalue weighted by atomic mass is 16.3. The normalized spacial score (nSPS) is 21.6. The molecule has 1 fully saturated rings. The molecular formula is C14H24N2O. The van der Waals surface area contributed by atoms with Crippen LogP contribution in [0.2, 0.25) is 0 Å². The maximum absolute atomic E-state index is 5.74. The summed E-state index contributed by atoms with van der Waals surface area (Å²) in [5, 5.41) is 0. The molecule has 1 unspecified atom stereocenters. The molecule has 0 amide bonds. The first-order valence-electron chi connectivity index (χ1n) is 6.60. The summed E-state index contributed by atoms with van der Waals surface area (Å²) >= 11 is 0. The van der Waals surface area contributed by atoms with Crippen molar-refractivity contribution in [3.05, 3.63) is 23.2 Å². The van der Waals surface area contributed by atoms with Crippen molar-refractivity contribution in [1.82, 2.24) is 4.90 Å². The molecule has 1 aliphatic rings. The molecule has 1 aliphatic heterocycles. The monoisotopic (exact) mass is 236 g/mol. The first kappa shape index (κ1) is 12.7. The van der Waals surface area contributed by atoms with Gasteiger partial charge in [0.1, 0.15) is 11.5 Å². The number of rotatable bonds is 4. The molecule has 3 nitrogen and oxygen atoms in total. The first-order chi connectivity index (χ1) is 8.10. The van der Waals surface area contributed by atoms with E-state index < -0.39 is 0 Å². The molecule has 3 heteroatoms. The van der Waals surface area contributed by atoms with Crippen LogP contribution in [0.15, 0.2) is 10.5 Å². The molecule has 0 bridgehead atoms. The Balaban J connectivity index is 1.93. The molecule has 0 aromatic carbocycles. The van der Waals surface area contributed by atoms with E-state index in [1.165, 1.54) is 19.5 Å². The largest absolute Gasteiger partial charge is 0.465 e. The maximum Gasteiger partial charge on any atom is 0.118 e. The Morgan fingerprint density at radius 2 is 2.29 bits per heavy atom. The van der Waals surface area contributed by atoms with Crippen molar-refractivity contribution in [1.29, 1.82) is 0 Å². The summed E-state index contributed by atoms with van der Waals surface area (Å²) in [7, 11) is 0. The third kappa shape index (κ3) is 2.90. The van der Waals surface area contributed by atoms with Gasteiger partial charge in [-0.25, -0.2) is 0 Å². The average Bonchev–Trinajstić information content (AvgIpc) is 2.86. The SMILES string of the molecule is Cc1oc(CN2CCC(C(C)C)C2)cc1CN. The van der Waals surface area contributed by atoms with E-state index in [1.54, 1.807) is 0 Å². The molecule has 0 radical (unpaired) electrons. The standard InChI is InChI=1S/C14H24N2O/c1-10(2)12-4-5-16(8-12)9-14-6-13(7-15)11(3)17-14/h6,10,12H,4-5,7-9,15H2,1-3H3. The van der Waals surface area contributed by atoms with E-state index in [0.717, 1.165) is 35.5 Å². The number of likely N-dealkylation sites (tertiary alicyclic amines) is 1.